The van der Waals surface area contributed by atoms with Gasteiger partial charge in [-0.2, -0.15) is 0 Å². The monoisotopic (exact) mass is 256 g/mol. The van der Waals surface area contributed by atoms with Crippen LogP contribution in [0.25, 0.3) is 0 Å². The van der Waals surface area contributed by atoms with Crippen molar-refractivity contribution in [2.75, 3.05) is 0 Å². The molecule has 1 N–H and O–H groups in total. The van der Waals surface area contributed by atoms with E-state index in [2.05, 4.69) is 20.8 Å². The van der Waals surface area contributed by atoms with Gasteiger partial charge in [0.15, 0.2) is 0 Å². The molecule has 0 saturated heterocycles. The maximum atomic E-state index is 11.6. The van der Waals surface area contributed by atoms with E-state index in [1.165, 1.54) is 32.1 Å². The number of carboxylic acids is 1. The van der Waals surface area contributed by atoms with Crippen molar-refractivity contribution in [2.45, 2.75) is 91.4 Å². The summed E-state index contributed by atoms with van der Waals surface area (Å²) in [4.78, 5) is 11.6. The van der Waals surface area contributed by atoms with Crippen LogP contribution in [-0.4, -0.2) is 11.1 Å². The fraction of sp³-hybridized carbons (Fsp3) is 0.938. The average molecular weight is 256 g/mol. The van der Waals surface area contributed by atoms with Crippen molar-refractivity contribution in [3.05, 3.63) is 0 Å². The Labute approximate surface area is 113 Å². The Morgan fingerprint density at radius 2 is 1.28 bits per heavy atom. The number of hydrogen-bond donors (Lipinski definition) is 1. The lowest BCUT2D eigenvalue weighted by molar-refractivity contribution is -0.150. The highest BCUT2D eigenvalue weighted by Crippen LogP contribution is 2.36. The molecule has 0 radical (unpaired) electrons. The molecule has 0 aliphatic rings. The summed E-state index contributed by atoms with van der Waals surface area (Å²) in [7, 11) is 0. The van der Waals surface area contributed by atoms with Crippen LogP contribution >= 0.6 is 0 Å². The summed E-state index contributed by atoms with van der Waals surface area (Å²) in [5.41, 5.74) is -0.436. The van der Waals surface area contributed by atoms with E-state index in [-0.39, 0.29) is 0 Å². The molecule has 0 fully saturated rings. The summed E-state index contributed by atoms with van der Waals surface area (Å²) in [6.45, 7) is 6.40. The second-order valence-corrected chi connectivity index (χ2v) is 5.60. The van der Waals surface area contributed by atoms with Gasteiger partial charge in [-0.1, -0.05) is 72.1 Å². The van der Waals surface area contributed by atoms with E-state index in [0.717, 1.165) is 38.5 Å². The molecule has 0 bridgehead atoms. The first-order chi connectivity index (χ1) is 8.63. The van der Waals surface area contributed by atoms with Crippen LogP contribution < -0.4 is 0 Å². The lowest BCUT2D eigenvalue weighted by atomic mass is 9.75. The topological polar surface area (TPSA) is 37.3 Å². The third-order valence-corrected chi connectivity index (χ3v) is 3.92. The zero-order valence-corrected chi connectivity index (χ0v) is 12.6. The Kier molecular flexibility index (Phi) is 10.1. The largest absolute Gasteiger partial charge is 0.481 e. The molecule has 2 nitrogen and oxygen atoms in total. The summed E-state index contributed by atoms with van der Waals surface area (Å²) >= 11 is 0. The highest BCUT2D eigenvalue weighted by Gasteiger charge is 2.35. The van der Waals surface area contributed by atoms with Gasteiger partial charge < -0.3 is 5.11 Å². The molecule has 18 heavy (non-hydrogen) atoms. The van der Waals surface area contributed by atoms with Crippen molar-refractivity contribution < 1.29 is 9.90 Å². The minimum atomic E-state index is -0.570. The second-order valence-electron chi connectivity index (χ2n) is 5.60. The molecule has 0 rings (SSSR count). The molecule has 108 valence electrons. The van der Waals surface area contributed by atoms with Crippen molar-refractivity contribution in [2.24, 2.45) is 5.41 Å². The molecule has 2 heteroatoms. The van der Waals surface area contributed by atoms with Crippen molar-refractivity contribution in [1.82, 2.24) is 0 Å². The van der Waals surface area contributed by atoms with Crippen molar-refractivity contribution in [1.29, 1.82) is 0 Å². The zero-order valence-electron chi connectivity index (χ0n) is 12.6. The van der Waals surface area contributed by atoms with Crippen LogP contribution in [-0.2, 0) is 4.79 Å². The quantitative estimate of drug-likeness (QED) is 0.474. The van der Waals surface area contributed by atoms with Gasteiger partial charge >= 0.3 is 5.97 Å². The SMILES string of the molecule is CCCCCCCCC(CCC)(CCC)C(=O)O. The molecule has 0 unspecified atom stereocenters. The maximum Gasteiger partial charge on any atom is 0.309 e. The average Bonchev–Trinajstić information content (AvgIpc) is 2.33. The molecule has 0 saturated carbocycles. The van der Waals surface area contributed by atoms with Gasteiger partial charge in [0.25, 0.3) is 0 Å². The van der Waals surface area contributed by atoms with Crippen LogP contribution in [0.3, 0.4) is 0 Å². The van der Waals surface area contributed by atoms with E-state index >= 15 is 0 Å². The lowest BCUT2D eigenvalue weighted by Gasteiger charge is -2.29. The smallest absolute Gasteiger partial charge is 0.309 e. The van der Waals surface area contributed by atoms with E-state index < -0.39 is 11.4 Å². The van der Waals surface area contributed by atoms with Gasteiger partial charge in [0.1, 0.15) is 0 Å². The summed E-state index contributed by atoms with van der Waals surface area (Å²) in [6, 6.07) is 0. The molecule has 0 aromatic rings. The van der Waals surface area contributed by atoms with E-state index in [1.807, 2.05) is 0 Å². The van der Waals surface area contributed by atoms with Gasteiger partial charge in [0, 0.05) is 0 Å². The fourth-order valence-electron chi connectivity index (χ4n) is 2.90. The lowest BCUT2D eigenvalue weighted by Crippen LogP contribution is -2.31. The Hall–Kier alpha value is -0.530. The maximum absolute atomic E-state index is 11.6. The zero-order chi connectivity index (χ0) is 13.9. The minimum Gasteiger partial charge on any atom is -0.481 e. The van der Waals surface area contributed by atoms with E-state index in [9.17, 15) is 9.90 Å². The molecule has 0 aliphatic heterocycles. The number of rotatable bonds is 12. The van der Waals surface area contributed by atoms with Crippen LogP contribution in [0.4, 0.5) is 0 Å². The summed E-state index contributed by atoms with van der Waals surface area (Å²) < 4.78 is 0. The Bertz CT molecular complexity index is 205. The van der Waals surface area contributed by atoms with Crippen LogP contribution in [0.2, 0.25) is 0 Å². The normalized spacial score (nSPS) is 11.7. The molecule has 0 atom stereocenters. The molecule has 0 amide bonds. The van der Waals surface area contributed by atoms with E-state index in [0.29, 0.717) is 0 Å². The van der Waals surface area contributed by atoms with Gasteiger partial charge in [-0.25, -0.2) is 0 Å². The van der Waals surface area contributed by atoms with Gasteiger partial charge in [0.05, 0.1) is 5.41 Å². The molecule has 0 spiro atoms. The molecular formula is C16H32O2. The van der Waals surface area contributed by atoms with Crippen LogP contribution in [0.1, 0.15) is 91.4 Å². The van der Waals surface area contributed by atoms with Crippen molar-refractivity contribution in [3.8, 4) is 0 Å². The van der Waals surface area contributed by atoms with E-state index in [1.54, 1.807) is 0 Å². The predicted molar refractivity (Wildman–Crippen MR) is 77.9 cm³/mol. The van der Waals surface area contributed by atoms with Gasteiger partial charge in [0.2, 0.25) is 0 Å². The van der Waals surface area contributed by atoms with Crippen molar-refractivity contribution >= 4 is 5.97 Å². The van der Waals surface area contributed by atoms with Gasteiger partial charge in [-0.05, 0) is 19.3 Å². The molecule has 0 heterocycles. The molecule has 0 aliphatic carbocycles. The number of aliphatic carboxylic acids is 1. The highest BCUT2D eigenvalue weighted by molar-refractivity contribution is 5.74. The third kappa shape index (κ3) is 6.42. The van der Waals surface area contributed by atoms with Crippen LogP contribution in [0.5, 0.6) is 0 Å². The predicted octanol–water partition coefficient (Wildman–Crippen LogP) is 5.41. The summed E-state index contributed by atoms with van der Waals surface area (Å²) in [5.74, 6) is -0.570. The third-order valence-electron chi connectivity index (χ3n) is 3.92. The molecule has 0 aromatic heterocycles. The first-order valence-electron chi connectivity index (χ1n) is 7.86. The number of carbonyl (C=O) groups is 1. The summed E-state index contributed by atoms with van der Waals surface area (Å²) in [5, 5.41) is 9.53. The van der Waals surface area contributed by atoms with Crippen LogP contribution in [0, 0.1) is 5.41 Å². The number of unbranched alkanes of at least 4 members (excludes halogenated alkanes) is 5. The molecule has 0 aromatic carbocycles. The minimum absolute atomic E-state index is 0.436. The van der Waals surface area contributed by atoms with Gasteiger partial charge in [-0.3, -0.25) is 4.79 Å². The van der Waals surface area contributed by atoms with Gasteiger partial charge in [-0.15, -0.1) is 0 Å². The second kappa shape index (κ2) is 10.4. The number of hydrogen-bond acceptors (Lipinski definition) is 1. The highest BCUT2D eigenvalue weighted by atomic mass is 16.4. The first kappa shape index (κ1) is 17.5. The standard InChI is InChI=1S/C16H32O2/c1-4-7-8-9-10-11-14-16(12-5-2,13-6-3)15(17)18/h4-14H2,1-3H3,(H,17,18). The Balaban J connectivity index is 4.10. The first-order valence-corrected chi connectivity index (χ1v) is 7.86. The number of carboxylic acid groups (broad SMARTS) is 1. The van der Waals surface area contributed by atoms with Crippen molar-refractivity contribution in [3.63, 3.8) is 0 Å². The van der Waals surface area contributed by atoms with Crippen LogP contribution in [0.15, 0.2) is 0 Å². The van der Waals surface area contributed by atoms with E-state index in [4.69, 9.17) is 0 Å². The summed E-state index contributed by atoms with van der Waals surface area (Å²) in [6.07, 6.45) is 11.9. The molecular weight excluding hydrogens is 224 g/mol. The Morgan fingerprint density at radius 3 is 1.72 bits per heavy atom. The fourth-order valence-corrected chi connectivity index (χ4v) is 2.90. The Morgan fingerprint density at radius 1 is 0.778 bits per heavy atom.